The number of nitrogens with zero attached hydrogens (tertiary/aromatic N) is 5. The number of ether oxygens (including phenoxy) is 1. The number of halogens is 3. The van der Waals surface area contributed by atoms with E-state index >= 15 is 0 Å². The Morgan fingerprint density at radius 3 is 2.85 bits per heavy atom. The molecule has 3 heterocycles. The van der Waals surface area contributed by atoms with Crippen LogP contribution < -0.4 is 10.5 Å². The Morgan fingerprint density at radius 1 is 1.31 bits per heavy atom. The quantitative estimate of drug-likeness (QED) is 0.766. The molecule has 0 saturated carbocycles. The fourth-order valence-corrected chi connectivity index (χ4v) is 3.42. The number of hydrogen-bond acceptors (Lipinski definition) is 6. The molecule has 10 heteroatoms. The molecule has 1 saturated heterocycles. The van der Waals surface area contributed by atoms with Gasteiger partial charge in [0, 0.05) is 17.8 Å². The van der Waals surface area contributed by atoms with Gasteiger partial charge in [0.05, 0.1) is 13.7 Å². The third-order valence-electron chi connectivity index (χ3n) is 4.57. The largest absolute Gasteiger partial charge is 0.494 e. The maximum absolute atomic E-state index is 12.6. The molecular formula is C16H17F3N6O. The van der Waals surface area contributed by atoms with Crippen LogP contribution in [0.4, 0.5) is 19.1 Å². The van der Waals surface area contributed by atoms with E-state index in [0.717, 1.165) is 5.39 Å². The molecule has 0 radical (unpaired) electrons. The van der Waals surface area contributed by atoms with Crippen molar-refractivity contribution in [2.45, 2.75) is 18.5 Å². The number of aromatic nitrogens is 4. The maximum atomic E-state index is 12.6. The molecule has 0 aliphatic carbocycles. The van der Waals surface area contributed by atoms with Crippen LogP contribution in [-0.4, -0.2) is 57.4 Å². The van der Waals surface area contributed by atoms with Crippen molar-refractivity contribution in [2.75, 3.05) is 32.5 Å². The highest BCUT2D eigenvalue weighted by atomic mass is 19.4. The van der Waals surface area contributed by atoms with Crippen LogP contribution >= 0.6 is 0 Å². The minimum atomic E-state index is -4.21. The lowest BCUT2D eigenvalue weighted by Gasteiger charge is -2.17. The number of likely N-dealkylation sites (tertiary alicyclic amines) is 1. The first-order valence-corrected chi connectivity index (χ1v) is 8.13. The van der Waals surface area contributed by atoms with Crippen molar-refractivity contribution in [3.05, 3.63) is 24.0 Å². The van der Waals surface area contributed by atoms with Crippen LogP contribution in [-0.2, 0) is 0 Å². The Morgan fingerprint density at radius 2 is 2.12 bits per heavy atom. The Hall–Kier alpha value is -2.62. The van der Waals surface area contributed by atoms with E-state index in [-0.39, 0.29) is 18.4 Å². The lowest BCUT2D eigenvalue weighted by Crippen LogP contribution is -2.32. The van der Waals surface area contributed by atoms with Crippen molar-refractivity contribution in [3.8, 4) is 5.75 Å². The molecule has 1 aliphatic rings. The van der Waals surface area contributed by atoms with Gasteiger partial charge in [-0.05, 0) is 25.1 Å². The van der Waals surface area contributed by atoms with E-state index in [1.54, 1.807) is 13.2 Å². The Balaban J connectivity index is 1.72. The molecule has 0 unspecified atom stereocenters. The van der Waals surface area contributed by atoms with Gasteiger partial charge in [-0.15, -0.1) is 5.10 Å². The van der Waals surface area contributed by atoms with Gasteiger partial charge in [-0.25, -0.2) is 9.97 Å². The molecule has 2 N–H and O–H groups in total. The number of nitrogen functional groups attached to an aromatic ring is 1. The van der Waals surface area contributed by atoms with Crippen LogP contribution in [0.3, 0.4) is 0 Å². The van der Waals surface area contributed by atoms with Gasteiger partial charge in [0.1, 0.15) is 11.3 Å². The van der Waals surface area contributed by atoms with Crippen LogP contribution in [0.2, 0.25) is 0 Å². The predicted octanol–water partition coefficient (Wildman–Crippen LogP) is 2.22. The first kappa shape index (κ1) is 16.8. The van der Waals surface area contributed by atoms with Crippen molar-refractivity contribution in [1.29, 1.82) is 0 Å². The topological polar surface area (TPSA) is 81.6 Å². The molecule has 0 bridgehead atoms. The molecule has 1 atom stereocenters. The first-order valence-electron chi connectivity index (χ1n) is 8.13. The normalized spacial score (nSPS) is 18.8. The zero-order valence-electron chi connectivity index (χ0n) is 14.0. The maximum Gasteiger partial charge on any atom is 0.401 e. The molecule has 2 aromatic heterocycles. The van der Waals surface area contributed by atoms with Crippen LogP contribution in [0.5, 0.6) is 5.75 Å². The van der Waals surface area contributed by atoms with Gasteiger partial charge in [0.15, 0.2) is 11.5 Å². The van der Waals surface area contributed by atoms with Crippen LogP contribution in [0, 0.1) is 0 Å². The molecular weight excluding hydrogens is 349 g/mol. The summed E-state index contributed by atoms with van der Waals surface area (Å²) in [7, 11) is 1.54. The van der Waals surface area contributed by atoms with E-state index in [9.17, 15) is 13.2 Å². The van der Waals surface area contributed by atoms with Crippen LogP contribution in [0.15, 0.2) is 18.2 Å². The van der Waals surface area contributed by atoms with E-state index < -0.39 is 12.7 Å². The van der Waals surface area contributed by atoms with E-state index in [4.69, 9.17) is 10.5 Å². The number of rotatable bonds is 3. The number of fused-ring (bicyclic) bond motifs is 3. The van der Waals surface area contributed by atoms with Crippen LogP contribution in [0.25, 0.3) is 16.6 Å². The number of nitrogens with two attached hydrogens (primary N) is 1. The third-order valence-corrected chi connectivity index (χ3v) is 4.57. The third kappa shape index (κ3) is 2.90. The van der Waals surface area contributed by atoms with Crippen molar-refractivity contribution in [1.82, 2.24) is 24.5 Å². The summed E-state index contributed by atoms with van der Waals surface area (Å²) in [4.78, 5) is 10.3. The summed E-state index contributed by atoms with van der Waals surface area (Å²) >= 11 is 0. The summed E-state index contributed by atoms with van der Waals surface area (Å²) in [6.45, 7) is -0.284. The molecule has 0 spiro atoms. The van der Waals surface area contributed by atoms with Gasteiger partial charge in [-0.1, -0.05) is 6.07 Å². The standard InChI is InChI=1S/C16H17F3N6O/c1-26-11-4-2-3-10-12(11)21-15(20)25-14(10)22-13(23-25)9-5-6-24(7-9)8-16(17,18)19/h2-4,9H,5-8H2,1H3,(H2,20,21)/t9-/m1/s1. The molecule has 1 fully saturated rings. The summed E-state index contributed by atoms with van der Waals surface area (Å²) in [6.07, 6.45) is -3.64. The second-order valence-corrected chi connectivity index (χ2v) is 6.37. The number of alkyl halides is 3. The minimum Gasteiger partial charge on any atom is -0.494 e. The molecule has 138 valence electrons. The van der Waals surface area contributed by atoms with Gasteiger partial charge in [-0.2, -0.15) is 17.7 Å². The van der Waals surface area contributed by atoms with Gasteiger partial charge >= 0.3 is 6.18 Å². The van der Waals surface area contributed by atoms with Gasteiger partial charge in [-0.3, -0.25) is 4.90 Å². The SMILES string of the molecule is COc1cccc2c1nc(N)n1nc([C@@H]3CCN(CC(F)(F)F)C3)nc21. The molecule has 4 rings (SSSR count). The molecule has 1 aromatic carbocycles. The molecule has 26 heavy (non-hydrogen) atoms. The van der Waals surface area contributed by atoms with Gasteiger partial charge in [0.2, 0.25) is 5.95 Å². The summed E-state index contributed by atoms with van der Waals surface area (Å²) in [5, 5.41) is 5.12. The Bertz CT molecular complexity index is 970. The number of hydrogen-bond donors (Lipinski definition) is 1. The van der Waals surface area contributed by atoms with E-state index in [0.29, 0.717) is 35.7 Å². The smallest absolute Gasteiger partial charge is 0.401 e. The van der Waals surface area contributed by atoms with Gasteiger partial charge in [0.25, 0.3) is 0 Å². The fraction of sp³-hybridized carbons (Fsp3) is 0.438. The summed E-state index contributed by atoms with van der Waals surface area (Å²) in [5.74, 6) is 1.04. The first-order chi connectivity index (χ1) is 12.4. The molecule has 1 aliphatic heterocycles. The highest BCUT2D eigenvalue weighted by Crippen LogP contribution is 2.31. The number of para-hydroxylation sites is 1. The number of benzene rings is 1. The molecule has 0 amide bonds. The highest BCUT2D eigenvalue weighted by Gasteiger charge is 2.36. The monoisotopic (exact) mass is 366 g/mol. The average Bonchev–Trinajstić information content (AvgIpc) is 3.20. The summed E-state index contributed by atoms with van der Waals surface area (Å²) in [6, 6.07) is 5.42. The minimum absolute atomic E-state index is 0.154. The van der Waals surface area contributed by atoms with Crippen molar-refractivity contribution < 1.29 is 17.9 Å². The Labute approximate surface area is 146 Å². The second-order valence-electron chi connectivity index (χ2n) is 6.37. The van der Waals surface area contributed by atoms with Crippen molar-refractivity contribution in [2.24, 2.45) is 0 Å². The fourth-order valence-electron chi connectivity index (χ4n) is 3.42. The molecule has 3 aromatic rings. The van der Waals surface area contributed by atoms with Crippen LogP contribution in [0.1, 0.15) is 18.2 Å². The van der Waals surface area contributed by atoms with E-state index in [2.05, 4.69) is 15.1 Å². The molecule has 7 nitrogen and oxygen atoms in total. The Kier molecular flexibility index (Phi) is 3.87. The van der Waals surface area contributed by atoms with Crippen molar-refractivity contribution in [3.63, 3.8) is 0 Å². The van der Waals surface area contributed by atoms with E-state index in [1.165, 1.54) is 9.42 Å². The lowest BCUT2D eigenvalue weighted by molar-refractivity contribution is -0.143. The second kappa shape index (κ2) is 5.97. The van der Waals surface area contributed by atoms with Gasteiger partial charge < -0.3 is 10.5 Å². The zero-order chi connectivity index (χ0) is 18.5. The zero-order valence-corrected chi connectivity index (χ0v) is 14.0. The summed E-state index contributed by atoms with van der Waals surface area (Å²) in [5.41, 5.74) is 7.10. The predicted molar refractivity (Wildman–Crippen MR) is 89.1 cm³/mol. The highest BCUT2D eigenvalue weighted by molar-refractivity contribution is 5.95. The lowest BCUT2D eigenvalue weighted by atomic mass is 10.1. The number of anilines is 1. The van der Waals surface area contributed by atoms with Crippen molar-refractivity contribution >= 4 is 22.5 Å². The number of methoxy groups -OCH3 is 1. The van der Waals surface area contributed by atoms with E-state index in [1.807, 2.05) is 12.1 Å². The summed E-state index contributed by atoms with van der Waals surface area (Å²) < 4.78 is 44.5. The average molecular weight is 366 g/mol.